The standard InChI is InChI=1S/C21H23N3/c1-2-9-19-17(6-1)7-3-10-20(19)21(18-8-4-11-23-16-18)24-14-5-12-22-13-15-24/h1-4,6-11,16,21-22H,5,12-15H2. The Morgan fingerprint density at radius 1 is 0.917 bits per heavy atom. The van der Waals surface area contributed by atoms with E-state index in [2.05, 4.69) is 63.7 Å². The van der Waals surface area contributed by atoms with E-state index in [1.165, 1.54) is 28.3 Å². The lowest BCUT2D eigenvalue weighted by atomic mass is 9.93. The number of benzene rings is 2. The fraction of sp³-hybridized carbons (Fsp3) is 0.286. The minimum Gasteiger partial charge on any atom is -0.315 e. The van der Waals surface area contributed by atoms with Gasteiger partial charge in [0.2, 0.25) is 0 Å². The summed E-state index contributed by atoms with van der Waals surface area (Å²) in [7, 11) is 0. The Bertz CT molecular complexity index is 787. The third kappa shape index (κ3) is 3.05. The van der Waals surface area contributed by atoms with Crippen LogP contribution in [0.4, 0.5) is 0 Å². The highest BCUT2D eigenvalue weighted by atomic mass is 15.2. The van der Waals surface area contributed by atoms with Crippen molar-refractivity contribution in [1.82, 2.24) is 15.2 Å². The molecule has 2 heterocycles. The van der Waals surface area contributed by atoms with Gasteiger partial charge < -0.3 is 5.32 Å². The summed E-state index contributed by atoms with van der Waals surface area (Å²) in [4.78, 5) is 6.98. The zero-order valence-corrected chi connectivity index (χ0v) is 13.9. The average molecular weight is 317 g/mol. The second-order valence-corrected chi connectivity index (χ2v) is 6.40. The molecule has 1 atom stereocenters. The Labute approximate surface area is 143 Å². The Morgan fingerprint density at radius 3 is 2.75 bits per heavy atom. The normalized spacial score (nSPS) is 17.5. The van der Waals surface area contributed by atoms with E-state index in [0.717, 1.165) is 26.2 Å². The quantitative estimate of drug-likeness (QED) is 0.800. The molecule has 0 bridgehead atoms. The fourth-order valence-electron chi connectivity index (χ4n) is 3.74. The molecule has 0 amide bonds. The van der Waals surface area contributed by atoms with Crippen LogP contribution in [0.2, 0.25) is 0 Å². The van der Waals surface area contributed by atoms with Crippen molar-refractivity contribution in [2.75, 3.05) is 26.2 Å². The highest BCUT2D eigenvalue weighted by Crippen LogP contribution is 2.33. The van der Waals surface area contributed by atoms with E-state index in [1.54, 1.807) is 0 Å². The second-order valence-electron chi connectivity index (χ2n) is 6.40. The molecule has 4 rings (SSSR count). The van der Waals surface area contributed by atoms with Crippen molar-refractivity contribution in [2.45, 2.75) is 12.5 Å². The van der Waals surface area contributed by atoms with Gasteiger partial charge in [-0.25, -0.2) is 0 Å². The summed E-state index contributed by atoms with van der Waals surface area (Å²) >= 11 is 0. The van der Waals surface area contributed by atoms with Gasteiger partial charge in [0.05, 0.1) is 6.04 Å². The van der Waals surface area contributed by atoms with Gasteiger partial charge in [0.1, 0.15) is 0 Å². The maximum Gasteiger partial charge on any atom is 0.0623 e. The van der Waals surface area contributed by atoms with Crippen LogP contribution in [0.1, 0.15) is 23.6 Å². The van der Waals surface area contributed by atoms with Crippen LogP contribution in [0.3, 0.4) is 0 Å². The predicted molar refractivity (Wildman–Crippen MR) is 99.1 cm³/mol. The molecule has 3 aromatic rings. The van der Waals surface area contributed by atoms with Gasteiger partial charge in [0.15, 0.2) is 0 Å². The van der Waals surface area contributed by atoms with Gasteiger partial charge in [-0.1, -0.05) is 48.5 Å². The first-order valence-electron chi connectivity index (χ1n) is 8.76. The molecule has 1 aliphatic heterocycles. The Hall–Kier alpha value is -2.23. The van der Waals surface area contributed by atoms with E-state index in [-0.39, 0.29) is 6.04 Å². The summed E-state index contributed by atoms with van der Waals surface area (Å²) < 4.78 is 0. The Balaban J connectivity index is 1.85. The van der Waals surface area contributed by atoms with Crippen molar-refractivity contribution in [1.29, 1.82) is 0 Å². The predicted octanol–water partition coefficient (Wildman–Crippen LogP) is 3.62. The van der Waals surface area contributed by atoms with Crippen LogP contribution in [0.25, 0.3) is 10.8 Å². The number of aromatic nitrogens is 1. The summed E-state index contributed by atoms with van der Waals surface area (Å²) in [6.45, 7) is 4.31. The zero-order chi connectivity index (χ0) is 16.2. The third-order valence-electron chi connectivity index (χ3n) is 4.86. The van der Waals surface area contributed by atoms with Crippen LogP contribution < -0.4 is 5.32 Å². The first-order chi connectivity index (χ1) is 11.9. The highest BCUT2D eigenvalue weighted by molar-refractivity contribution is 5.86. The molecule has 0 radical (unpaired) electrons. The minimum absolute atomic E-state index is 0.254. The van der Waals surface area contributed by atoms with Crippen molar-refractivity contribution in [3.8, 4) is 0 Å². The molecular formula is C21H23N3. The summed E-state index contributed by atoms with van der Waals surface area (Å²) in [5.74, 6) is 0. The molecular weight excluding hydrogens is 294 g/mol. The monoisotopic (exact) mass is 317 g/mol. The van der Waals surface area contributed by atoms with E-state index >= 15 is 0 Å². The van der Waals surface area contributed by atoms with Crippen LogP contribution in [0.15, 0.2) is 67.0 Å². The maximum absolute atomic E-state index is 4.39. The first-order valence-corrected chi connectivity index (χ1v) is 8.76. The van der Waals surface area contributed by atoms with Gasteiger partial charge in [-0.2, -0.15) is 0 Å². The molecule has 122 valence electrons. The van der Waals surface area contributed by atoms with Crippen molar-refractivity contribution in [3.63, 3.8) is 0 Å². The van der Waals surface area contributed by atoms with Gasteiger partial charge in [-0.15, -0.1) is 0 Å². The lowest BCUT2D eigenvalue weighted by Gasteiger charge is -2.32. The third-order valence-corrected chi connectivity index (χ3v) is 4.86. The van der Waals surface area contributed by atoms with Gasteiger partial charge in [0.25, 0.3) is 0 Å². The highest BCUT2D eigenvalue weighted by Gasteiger charge is 2.24. The summed E-state index contributed by atoms with van der Waals surface area (Å²) in [6.07, 6.45) is 5.06. The molecule has 2 aromatic carbocycles. The lowest BCUT2D eigenvalue weighted by Crippen LogP contribution is -2.33. The number of hydrogen-bond acceptors (Lipinski definition) is 3. The SMILES string of the molecule is c1cncc(C(c2cccc3ccccc23)N2CCCNCC2)c1. The van der Waals surface area contributed by atoms with Crippen molar-refractivity contribution >= 4 is 10.8 Å². The number of fused-ring (bicyclic) bond motifs is 1. The summed E-state index contributed by atoms with van der Waals surface area (Å²) in [5.41, 5.74) is 2.65. The smallest absolute Gasteiger partial charge is 0.0623 e. The molecule has 1 N–H and O–H groups in total. The molecule has 24 heavy (non-hydrogen) atoms. The summed E-state index contributed by atoms with van der Waals surface area (Å²) in [5, 5.41) is 6.16. The molecule has 0 spiro atoms. The van der Waals surface area contributed by atoms with E-state index in [9.17, 15) is 0 Å². The lowest BCUT2D eigenvalue weighted by molar-refractivity contribution is 0.242. The second kappa shape index (κ2) is 7.12. The van der Waals surface area contributed by atoms with Crippen LogP contribution in [0, 0.1) is 0 Å². The van der Waals surface area contributed by atoms with Crippen LogP contribution in [0.5, 0.6) is 0 Å². The van der Waals surface area contributed by atoms with Crippen molar-refractivity contribution in [3.05, 3.63) is 78.1 Å². The minimum atomic E-state index is 0.254. The molecule has 0 saturated carbocycles. The molecule has 1 fully saturated rings. The molecule has 1 aromatic heterocycles. The molecule has 1 saturated heterocycles. The van der Waals surface area contributed by atoms with Crippen molar-refractivity contribution < 1.29 is 0 Å². The number of pyridine rings is 1. The van der Waals surface area contributed by atoms with Gasteiger partial charge in [0, 0.05) is 32.0 Å². The topological polar surface area (TPSA) is 28.2 Å². The van der Waals surface area contributed by atoms with Gasteiger partial charge in [-0.3, -0.25) is 9.88 Å². The Kier molecular flexibility index (Phi) is 4.54. The maximum atomic E-state index is 4.39. The summed E-state index contributed by atoms with van der Waals surface area (Å²) in [6, 6.07) is 19.8. The largest absolute Gasteiger partial charge is 0.315 e. The number of rotatable bonds is 3. The van der Waals surface area contributed by atoms with E-state index < -0.39 is 0 Å². The average Bonchev–Trinajstić information content (AvgIpc) is 2.93. The van der Waals surface area contributed by atoms with E-state index in [0.29, 0.717) is 0 Å². The number of hydrogen-bond donors (Lipinski definition) is 1. The number of nitrogens with one attached hydrogen (secondary N) is 1. The van der Waals surface area contributed by atoms with E-state index in [4.69, 9.17) is 0 Å². The van der Waals surface area contributed by atoms with Gasteiger partial charge in [-0.05, 0) is 40.9 Å². The first kappa shape index (κ1) is 15.3. The fourth-order valence-corrected chi connectivity index (χ4v) is 3.74. The molecule has 3 nitrogen and oxygen atoms in total. The van der Waals surface area contributed by atoms with Crippen LogP contribution in [-0.2, 0) is 0 Å². The van der Waals surface area contributed by atoms with Crippen LogP contribution in [-0.4, -0.2) is 36.1 Å². The molecule has 1 unspecified atom stereocenters. The molecule has 1 aliphatic rings. The molecule has 0 aliphatic carbocycles. The zero-order valence-electron chi connectivity index (χ0n) is 13.9. The van der Waals surface area contributed by atoms with E-state index in [1.807, 2.05) is 18.5 Å². The van der Waals surface area contributed by atoms with Crippen molar-refractivity contribution in [2.24, 2.45) is 0 Å². The Morgan fingerprint density at radius 2 is 1.83 bits per heavy atom. The number of nitrogens with zero attached hydrogens (tertiary/aromatic N) is 2. The van der Waals surface area contributed by atoms with Crippen LogP contribution >= 0.6 is 0 Å². The molecule has 3 heteroatoms. The van der Waals surface area contributed by atoms with Gasteiger partial charge >= 0.3 is 0 Å².